The predicted molar refractivity (Wildman–Crippen MR) is 75.6 cm³/mol. The highest BCUT2D eigenvalue weighted by molar-refractivity contribution is 5.03. The summed E-state index contributed by atoms with van der Waals surface area (Å²) in [6, 6.07) is 6.15. The second-order valence-electron chi connectivity index (χ2n) is 5.90. The second-order valence-corrected chi connectivity index (χ2v) is 5.90. The van der Waals surface area contributed by atoms with Gasteiger partial charge in [0, 0.05) is 37.9 Å². The van der Waals surface area contributed by atoms with Gasteiger partial charge in [-0.1, -0.05) is 13.0 Å². The third-order valence-corrected chi connectivity index (χ3v) is 3.81. The van der Waals surface area contributed by atoms with Gasteiger partial charge < -0.3 is 10.2 Å². The van der Waals surface area contributed by atoms with E-state index < -0.39 is 0 Å². The Morgan fingerprint density at radius 1 is 1.44 bits per heavy atom. The van der Waals surface area contributed by atoms with E-state index in [1.807, 2.05) is 12.3 Å². The fourth-order valence-corrected chi connectivity index (χ4v) is 2.84. The van der Waals surface area contributed by atoms with Crippen molar-refractivity contribution in [3.63, 3.8) is 0 Å². The van der Waals surface area contributed by atoms with Crippen LogP contribution in [0.3, 0.4) is 0 Å². The Morgan fingerprint density at radius 2 is 2.33 bits per heavy atom. The van der Waals surface area contributed by atoms with Crippen LogP contribution in [0.25, 0.3) is 0 Å². The van der Waals surface area contributed by atoms with Crippen LogP contribution in [-0.4, -0.2) is 43.1 Å². The first-order valence-corrected chi connectivity index (χ1v) is 6.97. The molecular weight excluding hydrogens is 222 g/mol. The minimum absolute atomic E-state index is 0.442. The van der Waals surface area contributed by atoms with Crippen molar-refractivity contribution < 1.29 is 0 Å². The summed E-state index contributed by atoms with van der Waals surface area (Å²) in [5.74, 6) is 0. The molecule has 2 rings (SSSR count). The molecule has 1 aromatic heterocycles. The Labute approximate surface area is 111 Å². The number of pyridine rings is 1. The molecular formula is C15H25N3. The lowest BCUT2D eigenvalue weighted by Gasteiger charge is -2.37. The average molecular weight is 247 g/mol. The van der Waals surface area contributed by atoms with E-state index in [9.17, 15) is 0 Å². The highest BCUT2D eigenvalue weighted by Gasteiger charge is 2.27. The zero-order chi connectivity index (χ0) is 12.8. The van der Waals surface area contributed by atoms with Crippen molar-refractivity contribution in [1.82, 2.24) is 15.2 Å². The van der Waals surface area contributed by atoms with Gasteiger partial charge in [0.2, 0.25) is 0 Å². The molecule has 0 saturated carbocycles. The Morgan fingerprint density at radius 3 is 3.00 bits per heavy atom. The Kier molecular flexibility index (Phi) is 4.72. The van der Waals surface area contributed by atoms with Crippen LogP contribution in [-0.2, 0) is 6.42 Å². The fraction of sp³-hybridized carbons (Fsp3) is 0.667. The summed E-state index contributed by atoms with van der Waals surface area (Å²) in [6.45, 7) is 7.00. The Bertz CT molecular complexity index is 344. The number of nitrogens with zero attached hydrogens (tertiary/aromatic N) is 2. The van der Waals surface area contributed by atoms with Crippen molar-refractivity contribution in [3.8, 4) is 0 Å². The molecule has 1 fully saturated rings. The molecule has 1 aliphatic heterocycles. The van der Waals surface area contributed by atoms with Crippen molar-refractivity contribution >= 4 is 0 Å². The smallest absolute Gasteiger partial charge is 0.0416 e. The molecule has 1 N–H and O–H groups in total. The van der Waals surface area contributed by atoms with Crippen molar-refractivity contribution in [2.45, 2.75) is 26.2 Å². The van der Waals surface area contributed by atoms with Gasteiger partial charge in [-0.2, -0.15) is 0 Å². The quantitative estimate of drug-likeness (QED) is 0.862. The highest BCUT2D eigenvalue weighted by atomic mass is 15.1. The van der Waals surface area contributed by atoms with Crippen LogP contribution < -0.4 is 5.32 Å². The van der Waals surface area contributed by atoms with E-state index in [0.29, 0.717) is 5.41 Å². The van der Waals surface area contributed by atoms with Crippen molar-refractivity contribution in [2.75, 3.05) is 33.2 Å². The van der Waals surface area contributed by atoms with E-state index in [0.717, 1.165) is 19.5 Å². The molecule has 0 radical (unpaired) electrons. The number of piperidine rings is 1. The molecule has 1 atom stereocenters. The maximum absolute atomic E-state index is 4.38. The van der Waals surface area contributed by atoms with E-state index in [2.05, 4.69) is 41.3 Å². The van der Waals surface area contributed by atoms with Crippen LogP contribution in [0.1, 0.15) is 25.5 Å². The molecule has 0 amide bonds. The number of likely N-dealkylation sites (N-methyl/N-ethyl adjacent to an activating group) is 1. The summed E-state index contributed by atoms with van der Waals surface area (Å²) in [5.41, 5.74) is 1.63. The first-order valence-electron chi connectivity index (χ1n) is 6.97. The van der Waals surface area contributed by atoms with Gasteiger partial charge in [0.25, 0.3) is 0 Å². The minimum atomic E-state index is 0.442. The number of rotatable bonds is 5. The standard InChI is InChI=1S/C15H25N3/c1-15(8-5-9-16-12-15)13-18(2)11-7-14-6-3-4-10-17-14/h3-4,6,10,16H,5,7-9,11-13H2,1-2H3. The van der Waals surface area contributed by atoms with Crippen molar-refractivity contribution in [1.29, 1.82) is 0 Å². The molecule has 100 valence electrons. The fourth-order valence-electron chi connectivity index (χ4n) is 2.84. The first kappa shape index (κ1) is 13.5. The van der Waals surface area contributed by atoms with Gasteiger partial charge in [-0.3, -0.25) is 4.98 Å². The van der Waals surface area contributed by atoms with Crippen LogP contribution in [0.5, 0.6) is 0 Å². The molecule has 1 saturated heterocycles. The number of aromatic nitrogens is 1. The van der Waals surface area contributed by atoms with Gasteiger partial charge in [0.05, 0.1) is 0 Å². The van der Waals surface area contributed by atoms with Crippen LogP contribution in [0, 0.1) is 5.41 Å². The molecule has 0 aliphatic carbocycles. The van der Waals surface area contributed by atoms with Gasteiger partial charge in [-0.25, -0.2) is 0 Å². The van der Waals surface area contributed by atoms with E-state index in [1.165, 1.54) is 31.6 Å². The van der Waals surface area contributed by atoms with Gasteiger partial charge in [-0.05, 0) is 44.0 Å². The number of nitrogens with one attached hydrogen (secondary N) is 1. The first-order chi connectivity index (χ1) is 8.68. The maximum atomic E-state index is 4.38. The van der Waals surface area contributed by atoms with Crippen LogP contribution in [0.4, 0.5) is 0 Å². The molecule has 2 heterocycles. The maximum Gasteiger partial charge on any atom is 0.0416 e. The van der Waals surface area contributed by atoms with Gasteiger partial charge in [-0.15, -0.1) is 0 Å². The van der Waals surface area contributed by atoms with Gasteiger partial charge in [0.1, 0.15) is 0 Å². The molecule has 1 unspecified atom stereocenters. The van der Waals surface area contributed by atoms with Crippen LogP contribution >= 0.6 is 0 Å². The van der Waals surface area contributed by atoms with E-state index in [-0.39, 0.29) is 0 Å². The van der Waals surface area contributed by atoms with Crippen LogP contribution in [0.15, 0.2) is 24.4 Å². The molecule has 0 spiro atoms. The molecule has 0 aromatic carbocycles. The van der Waals surface area contributed by atoms with Crippen molar-refractivity contribution in [3.05, 3.63) is 30.1 Å². The zero-order valence-corrected chi connectivity index (χ0v) is 11.7. The second kappa shape index (κ2) is 6.30. The largest absolute Gasteiger partial charge is 0.316 e. The zero-order valence-electron chi connectivity index (χ0n) is 11.7. The summed E-state index contributed by atoms with van der Waals surface area (Å²) in [4.78, 5) is 6.82. The molecule has 1 aliphatic rings. The molecule has 0 bridgehead atoms. The summed E-state index contributed by atoms with van der Waals surface area (Å²) >= 11 is 0. The van der Waals surface area contributed by atoms with Crippen molar-refractivity contribution in [2.24, 2.45) is 5.41 Å². The Balaban J connectivity index is 1.76. The number of hydrogen-bond donors (Lipinski definition) is 1. The molecule has 1 aromatic rings. The third-order valence-electron chi connectivity index (χ3n) is 3.81. The van der Waals surface area contributed by atoms with E-state index in [1.54, 1.807) is 0 Å². The molecule has 18 heavy (non-hydrogen) atoms. The summed E-state index contributed by atoms with van der Waals surface area (Å²) < 4.78 is 0. The van der Waals surface area contributed by atoms with Gasteiger partial charge in [0.15, 0.2) is 0 Å². The van der Waals surface area contributed by atoms with Gasteiger partial charge >= 0.3 is 0 Å². The summed E-state index contributed by atoms with van der Waals surface area (Å²) in [5, 5.41) is 3.52. The van der Waals surface area contributed by atoms with E-state index >= 15 is 0 Å². The monoisotopic (exact) mass is 247 g/mol. The average Bonchev–Trinajstić information content (AvgIpc) is 2.38. The van der Waals surface area contributed by atoms with Crippen LogP contribution in [0.2, 0.25) is 0 Å². The highest BCUT2D eigenvalue weighted by Crippen LogP contribution is 2.26. The summed E-state index contributed by atoms with van der Waals surface area (Å²) in [7, 11) is 2.22. The predicted octanol–water partition coefficient (Wildman–Crippen LogP) is 1.95. The lowest BCUT2D eigenvalue weighted by Crippen LogP contribution is -2.45. The normalized spacial score (nSPS) is 24.4. The summed E-state index contributed by atoms with van der Waals surface area (Å²) in [6.07, 6.45) is 5.57. The number of hydrogen-bond acceptors (Lipinski definition) is 3. The molecule has 3 heteroatoms. The Hall–Kier alpha value is -0.930. The minimum Gasteiger partial charge on any atom is -0.316 e. The lowest BCUT2D eigenvalue weighted by molar-refractivity contribution is 0.153. The van der Waals surface area contributed by atoms with E-state index in [4.69, 9.17) is 0 Å². The SMILES string of the molecule is CN(CCc1ccccn1)CC1(C)CCCNC1. The molecule has 3 nitrogen and oxygen atoms in total. The lowest BCUT2D eigenvalue weighted by atomic mass is 9.82. The third kappa shape index (κ3) is 4.07. The topological polar surface area (TPSA) is 28.2 Å².